The Balaban J connectivity index is 3.04. The normalized spacial score (nSPS) is 11.3. The molecule has 0 aromatic heterocycles. The summed E-state index contributed by atoms with van der Waals surface area (Å²) in [4.78, 5) is 34.0. The van der Waals surface area contributed by atoms with Crippen LogP contribution in [0.3, 0.4) is 0 Å². The van der Waals surface area contributed by atoms with Gasteiger partial charge in [0.15, 0.2) is 11.5 Å². The molecule has 0 saturated carbocycles. The van der Waals surface area contributed by atoms with Crippen molar-refractivity contribution in [1.82, 2.24) is 5.32 Å². The van der Waals surface area contributed by atoms with E-state index in [1.165, 1.54) is 33.5 Å². The molecule has 9 nitrogen and oxygen atoms in total. The Morgan fingerprint density at radius 2 is 1.58 bits per heavy atom. The molecule has 0 fully saturated rings. The van der Waals surface area contributed by atoms with Crippen molar-refractivity contribution in [1.29, 1.82) is 0 Å². The third-order valence-corrected chi connectivity index (χ3v) is 3.18. The molecule has 1 amide bonds. The lowest BCUT2D eigenvalue weighted by Crippen LogP contribution is -2.41. The second-order valence-corrected chi connectivity index (χ2v) is 4.71. The molecule has 1 aromatic carbocycles. The van der Waals surface area contributed by atoms with E-state index in [0.717, 1.165) is 0 Å². The lowest BCUT2D eigenvalue weighted by atomic mass is 10.1. The number of methoxy groups -OCH3 is 3. The Bertz CT molecular complexity index is 603. The van der Waals surface area contributed by atoms with Crippen LogP contribution < -0.4 is 19.5 Å². The summed E-state index contributed by atoms with van der Waals surface area (Å²) in [6.07, 6.45) is -0.618. The second-order valence-electron chi connectivity index (χ2n) is 4.71. The van der Waals surface area contributed by atoms with Gasteiger partial charge >= 0.3 is 11.9 Å². The first-order valence-corrected chi connectivity index (χ1v) is 6.89. The molecule has 1 aromatic rings. The van der Waals surface area contributed by atoms with Crippen molar-refractivity contribution in [2.24, 2.45) is 0 Å². The molecule has 9 heteroatoms. The van der Waals surface area contributed by atoms with E-state index in [1.54, 1.807) is 0 Å². The van der Waals surface area contributed by atoms with Crippen LogP contribution in [-0.4, -0.2) is 55.4 Å². The fourth-order valence-corrected chi connectivity index (χ4v) is 1.98. The van der Waals surface area contributed by atoms with E-state index in [1.807, 2.05) is 0 Å². The van der Waals surface area contributed by atoms with E-state index in [2.05, 4.69) is 5.32 Å². The Morgan fingerprint density at radius 3 is 1.96 bits per heavy atom. The summed E-state index contributed by atoms with van der Waals surface area (Å²) >= 11 is 0. The van der Waals surface area contributed by atoms with Crippen LogP contribution in [0.15, 0.2) is 12.1 Å². The largest absolute Gasteiger partial charge is 0.493 e. The van der Waals surface area contributed by atoms with Crippen molar-refractivity contribution in [2.75, 3.05) is 21.3 Å². The average molecular weight is 341 g/mol. The number of amides is 1. The zero-order valence-electron chi connectivity index (χ0n) is 13.5. The fraction of sp³-hybridized carbons (Fsp3) is 0.400. The molecular formula is C15H19NO8. The molecule has 0 radical (unpaired) electrons. The smallest absolute Gasteiger partial charge is 0.326 e. The molecule has 0 aliphatic heterocycles. The van der Waals surface area contributed by atoms with E-state index in [0.29, 0.717) is 0 Å². The SMILES string of the molecule is COc1cc(C(=O)NC(CCC(=O)O)C(=O)O)cc(OC)c1OC. The molecule has 1 unspecified atom stereocenters. The first kappa shape index (κ1) is 19.1. The summed E-state index contributed by atoms with van der Waals surface area (Å²) in [7, 11) is 4.17. The number of carboxylic acid groups (broad SMARTS) is 2. The zero-order valence-corrected chi connectivity index (χ0v) is 13.5. The van der Waals surface area contributed by atoms with E-state index in [9.17, 15) is 14.4 Å². The van der Waals surface area contributed by atoms with Gasteiger partial charge in [0, 0.05) is 12.0 Å². The number of hydrogen-bond donors (Lipinski definition) is 3. The van der Waals surface area contributed by atoms with E-state index < -0.39 is 23.9 Å². The molecule has 0 heterocycles. The maximum atomic E-state index is 12.3. The predicted molar refractivity (Wildman–Crippen MR) is 81.9 cm³/mol. The third kappa shape index (κ3) is 4.77. The molecule has 1 rings (SSSR count). The van der Waals surface area contributed by atoms with Gasteiger partial charge in [-0.3, -0.25) is 9.59 Å². The average Bonchev–Trinajstić information content (AvgIpc) is 2.56. The van der Waals surface area contributed by atoms with Gasteiger partial charge in [-0.25, -0.2) is 4.79 Å². The molecule has 0 aliphatic rings. The molecule has 0 aliphatic carbocycles. The molecule has 3 N–H and O–H groups in total. The molecule has 132 valence electrons. The number of carbonyl (C=O) groups excluding carboxylic acids is 1. The van der Waals surface area contributed by atoms with Crippen LogP contribution in [0.1, 0.15) is 23.2 Å². The summed E-state index contributed by atoms with van der Waals surface area (Å²) < 4.78 is 15.4. The number of rotatable bonds is 9. The minimum absolute atomic E-state index is 0.0890. The third-order valence-electron chi connectivity index (χ3n) is 3.18. The van der Waals surface area contributed by atoms with E-state index in [4.69, 9.17) is 24.4 Å². The van der Waals surface area contributed by atoms with Crippen molar-refractivity contribution in [2.45, 2.75) is 18.9 Å². The van der Waals surface area contributed by atoms with Gasteiger partial charge in [0.2, 0.25) is 5.75 Å². The Hall–Kier alpha value is -2.97. The second kappa shape index (κ2) is 8.61. The minimum Gasteiger partial charge on any atom is -0.493 e. The highest BCUT2D eigenvalue weighted by atomic mass is 16.5. The number of nitrogens with one attached hydrogen (secondary N) is 1. The quantitative estimate of drug-likeness (QED) is 0.600. The van der Waals surface area contributed by atoms with Crippen LogP contribution in [0.4, 0.5) is 0 Å². The Morgan fingerprint density at radius 1 is 1.04 bits per heavy atom. The monoisotopic (exact) mass is 341 g/mol. The first-order chi connectivity index (χ1) is 11.3. The summed E-state index contributed by atoms with van der Waals surface area (Å²) in [6.45, 7) is 0. The number of carboxylic acids is 2. The molecule has 0 bridgehead atoms. The number of aliphatic carboxylic acids is 2. The van der Waals surface area contributed by atoms with E-state index in [-0.39, 0.29) is 35.7 Å². The van der Waals surface area contributed by atoms with Crippen molar-refractivity contribution in [3.05, 3.63) is 17.7 Å². The van der Waals surface area contributed by atoms with Gasteiger partial charge < -0.3 is 29.7 Å². The van der Waals surface area contributed by atoms with Gasteiger partial charge in [-0.05, 0) is 18.6 Å². The van der Waals surface area contributed by atoms with Crippen LogP contribution >= 0.6 is 0 Å². The lowest BCUT2D eigenvalue weighted by Gasteiger charge is -2.16. The van der Waals surface area contributed by atoms with Crippen LogP contribution in [0.25, 0.3) is 0 Å². The highest BCUT2D eigenvalue weighted by molar-refractivity contribution is 5.97. The molecule has 0 spiro atoms. The van der Waals surface area contributed by atoms with Gasteiger partial charge in [0.1, 0.15) is 6.04 Å². The van der Waals surface area contributed by atoms with E-state index >= 15 is 0 Å². The molecule has 24 heavy (non-hydrogen) atoms. The maximum Gasteiger partial charge on any atom is 0.326 e. The molecule has 0 saturated heterocycles. The van der Waals surface area contributed by atoms with Crippen LogP contribution in [0.2, 0.25) is 0 Å². The minimum atomic E-state index is -1.33. The summed E-state index contributed by atoms with van der Waals surface area (Å²) in [5.74, 6) is -2.41. The van der Waals surface area contributed by atoms with Crippen LogP contribution in [-0.2, 0) is 9.59 Å². The number of hydrogen-bond acceptors (Lipinski definition) is 6. The summed E-state index contributed by atoms with van der Waals surface area (Å²) in [6, 6.07) is 1.41. The zero-order chi connectivity index (χ0) is 18.3. The number of carbonyl (C=O) groups is 3. The van der Waals surface area contributed by atoms with Crippen molar-refractivity contribution in [3.8, 4) is 17.2 Å². The van der Waals surface area contributed by atoms with Gasteiger partial charge in [-0.15, -0.1) is 0 Å². The fourth-order valence-electron chi connectivity index (χ4n) is 1.98. The molecule has 1 atom stereocenters. The Labute approximate surface area is 138 Å². The standard InChI is InChI=1S/C15H19NO8/c1-22-10-6-8(7-11(23-2)13(10)24-3)14(19)16-9(15(20)21)4-5-12(17)18/h6-7,9H,4-5H2,1-3H3,(H,16,19)(H,17,18)(H,20,21). The van der Waals surface area contributed by atoms with Crippen LogP contribution in [0, 0.1) is 0 Å². The predicted octanol–water partition coefficient (Wildman–Crippen LogP) is 0.760. The maximum absolute atomic E-state index is 12.3. The highest BCUT2D eigenvalue weighted by Gasteiger charge is 2.23. The lowest BCUT2D eigenvalue weighted by molar-refractivity contribution is -0.140. The first-order valence-electron chi connectivity index (χ1n) is 6.89. The van der Waals surface area contributed by atoms with Crippen molar-refractivity contribution >= 4 is 17.8 Å². The summed E-state index contributed by atoms with van der Waals surface area (Å²) in [5.41, 5.74) is 0.0890. The number of benzene rings is 1. The van der Waals surface area contributed by atoms with Gasteiger partial charge in [0.25, 0.3) is 5.91 Å². The Kier molecular flexibility index (Phi) is 6.84. The van der Waals surface area contributed by atoms with Gasteiger partial charge in [0.05, 0.1) is 21.3 Å². The van der Waals surface area contributed by atoms with Gasteiger partial charge in [-0.1, -0.05) is 0 Å². The topological polar surface area (TPSA) is 131 Å². The van der Waals surface area contributed by atoms with Crippen molar-refractivity contribution < 1.29 is 38.8 Å². The number of ether oxygens (including phenoxy) is 3. The molecular weight excluding hydrogens is 322 g/mol. The summed E-state index contributed by atoms with van der Waals surface area (Å²) in [5, 5.41) is 20.0. The van der Waals surface area contributed by atoms with Crippen molar-refractivity contribution in [3.63, 3.8) is 0 Å². The highest BCUT2D eigenvalue weighted by Crippen LogP contribution is 2.38. The van der Waals surface area contributed by atoms with Gasteiger partial charge in [-0.2, -0.15) is 0 Å². The van der Waals surface area contributed by atoms with Crippen LogP contribution in [0.5, 0.6) is 17.2 Å².